The second kappa shape index (κ2) is 6.07. The van der Waals surface area contributed by atoms with Crippen molar-refractivity contribution in [1.82, 2.24) is 20.1 Å². The predicted molar refractivity (Wildman–Crippen MR) is 89.9 cm³/mol. The normalized spacial score (nSPS) is 19.4. The minimum absolute atomic E-state index is 0.0678. The number of thiophene rings is 1. The Bertz CT molecular complexity index is 733. The van der Waals surface area contributed by atoms with Crippen molar-refractivity contribution in [3.8, 4) is 0 Å². The van der Waals surface area contributed by atoms with Crippen LogP contribution in [0.3, 0.4) is 0 Å². The molecule has 2 aliphatic rings. The molecule has 4 rings (SSSR count). The molecule has 0 saturated carbocycles. The Morgan fingerprint density at radius 3 is 3.26 bits per heavy atom. The molecular formula is C17H22N4OS. The van der Waals surface area contributed by atoms with Gasteiger partial charge in [-0.05, 0) is 37.2 Å². The van der Waals surface area contributed by atoms with Crippen molar-refractivity contribution in [3.05, 3.63) is 33.0 Å². The zero-order valence-corrected chi connectivity index (χ0v) is 14.3. The van der Waals surface area contributed by atoms with Crippen molar-refractivity contribution in [2.75, 3.05) is 6.54 Å². The first kappa shape index (κ1) is 14.9. The van der Waals surface area contributed by atoms with E-state index in [4.69, 9.17) is 0 Å². The highest BCUT2D eigenvalue weighted by Crippen LogP contribution is 2.32. The Morgan fingerprint density at radius 1 is 1.43 bits per heavy atom. The van der Waals surface area contributed by atoms with Crippen molar-refractivity contribution < 1.29 is 4.79 Å². The maximum Gasteiger partial charge on any atom is 0.252 e. The maximum absolute atomic E-state index is 12.5. The molecule has 2 aromatic heterocycles. The Labute approximate surface area is 140 Å². The summed E-state index contributed by atoms with van der Waals surface area (Å²) >= 11 is 1.74. The highest BCUT2D eigenvalue weighted by atomic mass is 32.1. The number of aryl methyl sites for hydroxylation is 1. The van der Waals surface area contributed by atoms with Gasteiger partial charge in [0.15, 0.2) is 0 Å². The molecule has 6 heteroatoms. The summed E-state index contributed by atoms with van der Waals surface area (Å²) in [7, 11) is 0. The van der Waals surface area contributed by atoms with Crippen LogP contribution in [-0.2, 0) is 32.2 Å². The van der Waals surface area contributed by atoms with Crippen molar-refractivity contribution in [1.29, 1.82) is 0 Å². The lowest BCUT2D eigenvalue weighted by atomic mass is 9.88. The molecule has 5 nitrogen and oxygen atoms in total. The number of hydrogen-bond donors (Lipinski definition) is 1. The Balaban J connectivity index is 1.37. The third-order valence-corrected chi connectivity index (χ3v) is 6.02. The van der Waals surface area contributed by atoms with E-state index in [1.807, 2.05) is 5.38 Å². The molecule has 122 valence electrons. The molecular weight excluding hydrogens is 308 g/mol. The largest absolute Gasteiger partial charge is 0.352 e. The number of amides is 1. The molecule has 0 radical (unpaired) electrons. The van der Waals surface area contributed by atoms with Gasteiger partial charge in [0.25, 0.3) is 5.91 Å². The summed E-state index contributed by atoms with van der Waals surface area (Å²) < 4.78 is 2.19. The highest BCUT2D eigenvalue weighted by molar-refractivity contribution is 7.10. The lowest BCUT2D eigenvalue weighted by Gasteiger charge is -2.18. The van der Waals surface area contributed by atoms with Crippen LogP contribution in [0.15, 0.2) is 5.38 Å². The highest BCUT2D eigenvalue weighted by Gasteiger charge is 2.23. The smallest absolute Gasteiger partial charge is 0.252 e. The van der Waals surface area contributed by atoms with Crippen LogP contribution in [-0.4, -0.2) is 27.2 Å². The summed E-state index contributed by atoms with van der Waals surface area (Å²) in [4.78, 5) is 13.9. The van der Waals surface area contributed by atoms with Gasteiger partial charge in [0, 0.05) is 36.2 Å². The standard InChI is InChI=1S/C17H22N4OS/c1-11-4-5-12-13(10-23-14(12)9-11)17(22)18-7-6-16-20-19-15-3-2-8-21(15)16/h10-11H,2-9H2,1H3,(H,18,22)/t11-/m0/s1. The Hall–Kier alpha value is -1.69. The van der Waals surface area contributed by atoms with Gasteiger partial charge >= 0.3 is 0 Å². The SMILES string of the molecule is C[C@H]1CCc2c(C(=O)NCCc3nnc4n3CCC4)csc2C1. The molecule has 0 saturated heterocycles. The van der Waals surface area contributed by atoms with Gasteiger partial charge in [-0.15, -0.1) is 21.5 Å². The van der Waals surface area contributed by atoms with Gasteiger partial charge in [-0.1, -0.05) is 6.92 Å². The molecule has 1 N–H and O–H groups in total. The van der Waals surface area contributed by atoms with E-state index in [0.717, 1.165) is 61.8 Å². The number of aromatic nitrogens is 3. The van der Waals surface area contributed by atoms with E-state index in [-0.39, 0.29) is 5.91 Å². The first-order valence-electron chi connectivity index (χ1n) is 8.50. The number of fused-ring (bicyclic) bond motifs is 2. The minimum Gasteiger partial charge on any atom is -0.352 e. The molecule has 1 amide bonds. The molecule has 23 heavy (non-hydrogen) atoms. The summed E-state index contributed by atoms with van der Waals surface area (Å²) in [5.74, 6) is 2.90. The summed E-state index contributed by atoms with van der Waals surface area (Å²) in [6.07, 6.45) is 6.29. The second-order valence-electron chi connectivity index (χ2n) is 6.69. The molecule has 0 unspecified atom stereocenters. The van der Waals surface area contributed by atoms with Crippen LogP contribution in [0.4, 0.5) is 0 Å². The van der Waals surface area contributed by atoms with Crippen LogP contribution in [0.2, 0.25) is 0 Å². The van der Waals surface area contributed by atoms with E-state index in [2.05, 4.69) is 27.0 Å². The second-order valence-corrected chi connectivity index (χ2v) is 7.66. The number of hydrogen-bond acceptors (Lipinski definition) is 4. The predicted octanol–water partition coefficient (Wildman–Crippen LogP) is 2.38. The lowest BCUT2D eigenvalue weighted by Crippen LogP contribution is -2.27. The van der Waals surface area contributed by atoms with Crippen LogP contribution in [0.5, 0.6) is 0 Å². The third kappa shape index (κ3) is 2.80. The van der Waals surface area contributed by atoms with Crippen LogP contribution < -0.4 is 5.32 Å². The van der Waals surface area contributed by atoms with Gasteiger partial charge in [-0.2, -0.15) is 0 Å². The number of carbonyl (C=O) groups excluding carboxylic acids is 1. The number of rotatable bonds is 4. The van der Waals surface area contributed by atoms with Crippen molar-refractivity contribution >= 4 is 17.2 Å². The summed E-state index contributed by atoms with van der Waals surface area (Å²) in [6.45, 7) is 3.93. The van der Waals surface area contributed by atoms with Gasteiger partial charge < -0.3 is 9.88 Å². The Kier molecular flexibility index (Phi) is 3.93. The fraction of sp³-hybridized carbons (Fsp3) is 0.588. The van der Waals surface area contributed by atoms with E-state index in [1.54, 1.807) is 11.3 Å². The van der Waals surface area contributed by atoms with E-state index >= 15 is 0 Å². The van der Waals surface area contributed by atoms with E-state index in [9.17, 15) is 4.79 Å². The van der Waals surface area contributed by atoms with Crippen LogP contribution in [0.25, 0.3) is 0 Å². The van der Waals surface area contributed by atoms with Crippen LogP contribution >= 0.6 is 11.3 Å². The molecule has 1 aliphatic heterocycles. The fourth-order valence-corrected chi connectivity index (χ4v) is 4.89. The monoisotopic (exact) mass is 330 g/mol. The van der Waals surface area contributed by atoms with Gasteiger partial charge in [-0.25, -0.2) is 0 Å². The van der Waals surface area contributed by atoms with Crippen LogP contribution in [0.1, 0.15) is 52.2 Å². The minimum atomic E-state index is 0.0678. The average molecular weight is 330 g/mol. The average Bonchev–Trinajstić information content (AvgIpc) is 3.22. The van der Waals surface area contributed by atoms with E-state index in [1.165, 1.54) is 16.9 Å². The lowest BCUT2D eigenvalue weighted by molar-refractivity contribution is 0.0953. The van der Waals surface area contributed by atoms with Crippen LogP contribution in [0, 0.1) is 5.92 Å². The molecule has 1 atom stereocenters. The first-order chi connectivity index (χ1) is 11.2. The van der Waals surface area contributed by atoms with Gasteiger partial charge in [-0.3, -0.25) is 4.79 Å². The summed E-state index contributed by atoms with van der Waals surface area (Å²) in [5.41, 5.74) is 2.18. The van der Waals surface area contributed by atoms with Crippen molar-refractivity contribution in [2.45, 2.75) is 52.0 Å². The molecule has 0 aromatic carbocycles. The zero-order valence-electron chi connectivity index (χ0n) is 13.5. The quantitative estimate of drug-likeness (QED) is 0.936. The van der Waals surface area contributed by atoms with Gasteiger partial charge in [0.05, 0.1) is 5.56 Å². The number of nitrogens with one attached hydrogen (secondary N) is 1. The van der Waals surface area contributed by atoms with Gasteiger partial charge in [0.2, 0.25) is 0 Å². The van der Waals surface area contributed by atoms with Gasteiger partial charge in [0.1, 0.15) is 11.6 Å². The topological polar surface area (TPSA) is 59.8 Å². The zero-order chi connectivity index (χ0) is 15.8. The molecule has 2 aromatic rings. The van der Waals surface area contributed by atoms with E-state index in [0.29, 0.717) is 6.54 Å². The summed E-state index contributed by atoms with van der Waals surface area (Å²) in [5, 5.41) is 13.5. The molecule has 3 heterocycles. The Morgan fingerprint density at radius 2 is 2.35 bits per heavy atom. The molecule has 0 bridgehead atoms. The number of nitrogens with zero attached hydrogens (tertiary/aromatic N) is 3. The third-order valence-electron chi connectivity index (χ3n) is 4.97. The molecule has 0 spiro atoms. The fourth-order valence-electron chi connectivity index (χ4n) is 3.65. The molecule has 1 aliphatic carbocycles. The molecule has 0 fully saturated rings. The van der Waals surface area contributed by atoms with E-state index < -0.39 is 0 Å². The van der Waals surface area contributed by atoms with Crippen molar-refractivity contribution in [3.63, 3.8) is 0 Å². The maximum atomic E-state index is 12.5. The first-order valence-corrected chi connectivity index (χ1v) is 9.38. The summed E-state index contributed by atoms with van der Waals surface area (Å²) in [6, 6.07) is 0. The van der Waals surface area contributed by atoms with Crippen molar-refractivity contribution in [2.24, 2.45) is 5.92 Å². The number of carbonyl (C=O) groups is 1.